The molecule has 0 amide bonds. The Bertz CT molecular complexity index is 1130. The first-order chi connectivity index (χ1) is 14.5. The van der Waals surface area contributed by atoms with E-state index in [2.05, 4.69) is 5.32 Å². The van der Waals surface area contributed by atoms with Crippen molar-refractivity contribution in [2.24, 2.45) is 5.92 Å². The highest BCUT2D eigenvalue weighted by atomic mass is 19.4. The summed E-state index contributed by atoms with van der Waals surface area (Å²) < 4.78 is 101. The number of fused-ring (bicyclic) bond motifs is 5. The van der Waals surface area contributed by atoms with Gasteiger partial charge in [-0.15, -0.1) is 0 Å². The monoisotopic (exact) mass is 444 g/mol. The van der Waals surface area contributed by atoms with Gasteiger partial charge in [-0.1, -0.05) is 0 Å². The molecule has 3 heterocycles. The molecule has 1 N–H and O–H groups in total. The van der Waals surface area contributed by atoms with E-state index in [1.165, 1.54) is 12.1 Å². The zero-order valence-corrected chi connectivity index (χ0v) is 15.7. The summed E-state index contributed by atoms with van der Waals surface area (Å²) in [5.74, 6) is -0.633. The molecule has 1 saturated heterocycles. The van der Waals surface area contributed by atoms with Gasteiger partial charge in [-0.3, -0.25) is 0 Å². The molecule has 3 nitrogen and oxygen atoms in total. The van der Waals surface area contributed by atoms with Gasteiger partial charge in [-0.25, -0.2) is 4.39 Å². The third-order valence-corrected chi connectivity index (χ3v) is 5.85. The van der Waals surface area contributed by atoms with Crippen LogP contribution in [-0.2, 0) is 17.1 Å². The van der Waals surface area contributed by atoms with Gasteiger partial charge in [0.2, 0.25) is 0 Å². The Hall–Kier alpha value is -2.75. The fourth-order valence-corrected chi connectivity index (χ4v) is 4.56. The SMILES string of the molecule is Fc1ccc2c(c1)cc1n2[C@H]2OCC[C@H]2[C@H]1Nc1cc(C(F)(F)F)cc(C(F)(F)F)c1. The van der Waals surface area contributed by atoms with Gasteiger partial charge in [0.05, 0.1) is 22.7 Å². The van der Waals surface area contributed by atoms with Crippen LogP contribution in [0.15, 0.2) is 42.5 Å². The van der Waals surface area contributed by atoms with Crippen LogP contribution in [0.4, 0.5) is 36.4 Å². The van der Waals surface area contributed by atoms with Crippen LogP contribution in [-0.4, -0.2) is 11.2 Å². The van der Waals surface area contributed by atoms with Crippen LogP contribution in [0, 0.1) is 11.7 Å². The summed E-state index contributed by atoms with van der Waals surface area (Å²) in [6.07, 6.45) is -9.71. The first-order valence-electron chi connectivity index (χ1n) is 9.50. The van der Waals surface area contributed by atoms with Gasteiger partial charge in [0.15, 0.2) is 0 Å². The molecule has 0 aliphatic carbocycles. The van der Waals surface area contributed by atoms with Gasteiger partial charge >= 0.3 is 12.4 Å². The van der Waals surface area contributed by atoms with E-state index in [9.17, 15) is 30.7 Å². The average molecular weight is 444 g/mol. The van der Waals surface area contributed by atoms with Crippen LogP contribution >= 0.6 is 0 Å². The second-order valence-corrected chi connectivity index (χ2v) is 7.77. The first kappa shape index (κ1) is 20.2. The number of rotatable bonds is 2. The second kappa shape index (κ2) is 6.62. The lowest BCUT2D eigenvalue weighted by Crippen LogP contribution is -2.18. The van der Waals surface area contributed by atoms with Crippen LogP contribution < -0.4 is 5.32 Å². The molecule has 3 aromatic rings. The Balaban J connectivity index is 1.60. The van der Waals surface area contributed by atoms with Gasteiger partial charge in [-0.05, 0) is 48.9 Å². The highest BCUT2D eigenvalue weighted by Crippen LogP contribution is 2.51. The molecule has 2 aromatic carbocycles. The van der Waals surface area contributed by atoms with Gasteiger partial charge in [0.25, 0.3) is 0 Å². The summed E-state index contributed by atoms with van der Waals surface area (Å²) in [4.78, 5) is 0. The number of nitrogens with one attached hydrogen (secondary N) is 1. The second-order valence-electron chi connectivity index (χ2n) is 7.77. The molecule has 10 heteroatoms. The average Bonchev–Trinajstić information content (AvgIpc) is 3.33. The zero-order chi connectivity index (χ0) is 22.1. The summed E-state index contributed by atoms with van der Waals surface area (Å²) in [5.41, 5.74) is -1.74. The van der Waals surface area contributed by atoms with Gasteiger partial charge in [0.1, 0.15) is 12.0 Å². The smallest absolute Gasteiger partial charge is 0.376 e. The Morgan fingerprint density at radius 1 is 0.903 bits per heavy atom. The van der Waals surface area contributed by atoms with Crippen molar-refractivity contribution in [3.05, 3.63) is 65.1 Å². The Morgan fingerprint density at radius 2 is 1.58 bits per heavy atom. The summed E-state index contributed by atoms with van der Waals surface area (Å²) in [6, 6.07) is 6.75. The normalized spacial score (nSPS) is 23.3. The fraction of sp³-hybridized carbons (Fsp3) is 0.333. The third-order valence-electron chi connectivity index (χ3n) is 5.85. The minimum atomic E-state index is -4.93. The molecular formula is C21H15F7N2O. The number of alkyl halides is 6. The van der Waals surface area contributed by atoms with E-state index in [0.29, 0.717) is 41.8 Å². The van der Waals surface area contributed by atoms with Crippen molar-refractivity contribution in [3.63, 3.8) is 0 Å². The van der Waals surface area contributed by atoms with Crippen molar-refractivity contribution in [1.29, 1.82) is 0 Å². The number of hydrogen-bond acceptors (Lipinski definition) is 2. The predicted octanol–water partition coefficient (Wildman–Crippen LogP) is 6.52. The quantitative estimate of drug-likeness (QED) is 0.456. The van der Waals surface area contributed by atoms with Crippen molar-refractivity contribution in [2.45, 2.75) is 31.0 Å². The van der Waals surface area contributed by atoms with Crippen LogP contribution in [0.3, 0.4) is 0 Å². The van der Waals surface area contributed by atoms with Gasteiger partial charge in [0, 0.05) is 29.3 Å². The number of aromatic nitrogens is 1. The Labute approximate surface area is 171 Å². The minimum Gasteiger partial charge on any atom is -0.376 e. The van der Waals surface area contributed by atoms with Crippen molar-refractivity contribution < 1.29 is 35.5 Å². The van der Waals surface area contributed by atoms with Crippen LogP contribution in [0.5, 0.6) is 0 Å². The van der Waals surface area contributed by atoms with E-state index in [1.807, 2.05) is 4.57 Å². The molecule has 1 fully saturated rings. The molecule has 3 atom stereocenters. The minimum absolute atomic E-state index is 0.0983. The lowest BCUT2D eigenvalue weighted by molar-refractivity contribution is -0.143. The molecule has 0 saturated carbocycles. The predicted molar refractivity (Wildman–Crippen MR) is 97.8 cm³/mol. The number of anilines is 1. The maximum absolute atomic E-state index is 13.7. The van der Waals surface area contributed by atoms with Crippen LogP contribution in [0.1, 0.15) is 35.5 Å². The van der Waals surface area contributed by atoms with Crippen LogP contribution in [0.25, 0.3) is 10.9 Å². The highest BCUT2D eigenvalue weighted by Gasteiger charge is 2.46. The van der Waals surface area contributed by atoms with Crippen molar-refractivity contribution >= 4 is 16.6 Å². The lowest BCUT2D eigenvalue weighted by Gasteiger charge is -2.22. The van der Waals surface area contributed by atoms with Crippen molar-refractivity contribution in [2.75, 3.05) is 11.9 Å². The molecule has 0 spiro atoms. The molecule has 2 aliphatic heterocycles. The summed E-state index contributed by atoms with van der Waals surface area (Å²) in [6.45, 7) is 0.407. The zero-order valence-electron chi connectivity index (χ0n) is 15.7. The van der Waals surface area contributed by atoms with Gasteiger partial charge in [-0.2, -0.15) is 26.3 Å². The van der Waals surface area contributed by atoms with Gasteiger partial charge < -0.3 is 14.6 Å². The fourth-order valence-electron chi connectivity index (χ4n) is 4.56. The van der Waals surface area contributed by atoms with E-state index >= 15 is 0 Å². The number of hydrogen-bond donors (Lipinski definition) is 1. The van der Waals surface area contributed by atoms with E-state index in [4.69, 9.17) is 4.74 Å². The van der Waals surface area contributed by atoms with E-state index in [1.54, 1.807) is 12.1 Å². The maximum Gasteiger partial charge on any atom is 0.416 e. The lowest BCUT2D eigenvalue weighted by atomic mass is 9.96. The largest absolute Gasteiger partial charge is 0.416 e. The molecular weight excluding hydrogens is 429 g/mol. The highest BCUT2D eigenvalue weighted by molar-refractivity contribution is 5.82. The third kappa shape index (κ3) is 3.33. The number of halogens is 7. The maximum atomic E-state index is 13.7. The molecule has 0 bridgehead atoms. The van der Waals surface area contributed by atoms with Crippen molar-refractivity contribution in [3.8, 4) is 0 Å². The molecule has 0 unspecified atom stereocenters. The van der Waals surface area contributed by atoms with E-state index in [-0.39, 0.29) is 17.7 Å². The molecule has 2 aliphatic rings. The number of ether oxygens (including phenoxy) is 1. The van der Waals surface area contributed by atoms with E-state index < -0.39 is 41.6 Å². The molecule has 0 radical (unpaired) electrons. The molecule has 5 rings (SSSR count). The number of benzene rings is 2. The topological polar surface area (TPSA) is 26.2 Å². The Morgan fingerprint density at radius 3 is 2.23 bits per heavy atom. The molecule has 164 valence electrons. The van der Waals surface area contributed by atoms with Crippen molar-refractivity contribution in [1.82, 2.24) is 4.57 Å². The number of nitrogens with zero attached hydrogens (tertiary/aromatic N) is 1. The molecule has 31 heavy (non-hydrogen) atoms. The standard InChI is InChI=1S/C21H15F7N2O/c22-13-1-2-16-10(5-13)6-17-18(15-3-4-31-19(15)30(16)17)29-14-8-11(20(23,24)25)7-12(9-14)21(26,27)28/h1-2,5-9,15,18-19,29H,3-4H2/t15-,18+,19-/m0/s1. The summed E-state index contributed by atoms with van der Waals surface area (Å²) in [7, 11) is 0. The summed E-state index contributed by atoms with van der Waals surface area (Å²) in [5, 5.41) is 3.45. The van der Waals surface area contributed by atoms with E-state index in [0.717, 1.165) is 0 Å². The van der Waals surface area contributed by atoms with Crippen LogP contribution in [0.2, 0.25) is 0 Å². The summed E-state index contributed by atoms with van der Waals surface area (Å²) >= 11 is 0. The Kier molecular flexibility index (Phi) is 4.31. The molecule has 1 aromatic heterocycles. The first-order valence-corrected chi connectivity index (χ1v) is 9.50.